The van der Waals surface area contributed by atoms with Crippen LogP contribution in [0.15, 0.2) is 52.5 Å². The standard InChI is InChI=1S/C13H9NO4S/c15-12(16)8-3-5-9(6-4-8)19-11-10(13(17)18)2-1-7-14-11/h1-7H,(H,15,16)(H,17,18). The number of aromatic carboxylic acids is 2. The average Bonchev–Trinajstić information content (AvgIpc) is 2.39. The third-order valence-corrected chi connectivity index (χ3v) is 3.34. The van der Waals surface area contributed by atoms with Gasteiger partial charge in [-0.2, -0.15) is 0 Å². The summed E-state index contributed by atoms with van der Waals surface area (Å²) >= 11 is 1.18. The summed E-state index contributed by atoms with van der Waals surface area (Å²) in [6.45, 7) is 0. The Morgan fingerprint density at radius 1 is 1.00 bits per heavy atom. The fraction of sp³-hybridized carbons (Fsp3) is 0. The van der Waals surface area contributed by atoms with Crippen molar-refractivity contribution < 1.29 is 19.8 Å². The number of carboxylic acids is 2. The van der Waals surface area contributed by atoms with Gasteiger partial charge in [0.2, 0.25) is 0 Å². The summed E-state index contributed by atoms with van der Waals surface area (Å²) in [7, 11) is 0. The molecule has 0 amide bonds. The monoisotopic (exact) mass is 275 g/mol. The minimum atomic E-state index is -1.04. The van der Waals surface area contributed by atoms with Crippen LogP contribution in [0, 0.1) is 0 Å². The number of hydrogen-bond donors (Lipinski definition) is 2. The van der Waals surface area contributed by atoms with Gasteiger partial charge in [0.05, 0.1) is 11.1 Å². The van der Waals surface area contributed by atoms with Gasteiger partial charge in [-0.1, -0.05) is 11.8 Å². The van der Waals surface area contributed by atoms with Crippen LogP contribution in [-0.2, 0) is 0 Å². The molecule has 0 aliphatic heterocycles. The van der Waals surface area contributed by atoms with Gasteiger partial charge in [0.15, 0.2) is 0 Å². The van der Waals surface area contributed by atoms with Crippen LogP contribution < -0.4 is 0 Å². The van der Waals surface area contributed by atoms with E-state index in [-0.39, 0.29) is 11.1 Å². The van der Waals surface area contributed by atoms with Crippen molar-refractivity contribution in [3.63, 3.8) is 0 Å². The van der Waals surface area contributed by atoms with E-state index in [0.29, 0.717) is 5.03 Å². The lowest BCUT2D eigenvalue weighted by atomic mass is 10.2. The van der Waals surface area contributed by atoms with Gasteiger partial charge in [0.25, 0.3) is 0 Å². The minimum absolute atomic E-state index is 0.120. The lowest BCUT2D eigenvalue weighted by Crippen LogP contribution is -2.00. The topological polar surface area (TPSA) is 87.5 Å². The third-order valence-electron chi connectivity index (χ3n) is 2.32. The number of benzene rings is 1. The van der Waals surface area contributed by atoms with E-state index >= 15 is 0 Å². The van der Waals surface area contributed by atoms with Crippen molar-refractivity contribution in [3.8, 4) is 0 Å². The first-order valence-electron chi connectivity index (χ1n) is 5.27. The molecule has 0 spiro atoms. The summed E-state index contributed by atoms with van der Waals surface area (Å²) in [5.74, 6) is -2.04. The van der Waals surface area contributed by atoms with Gasteiger partial charge < -0.3 is 10.2 Å². The molecule has 1 heterocycles. The molecular weight excluding hydrogens is 266 g/mol. The maximum Gasteiger partial charge on any atom is 0.338 e. The molecule has 1 aromatic carbocycles. The third kappa shape index (κ3) is 3.11. The van der Waals surface area contributed by atoms with Gasteiger partial charge in [-0.15, -0.1) is 0 Å². The molecule has 0 saturated heterocycles. The van der Waals surface area contributed by atoms with Gasteiger partial charge in [-0.25, -0.2) is 14.6 Å². The van der Waals surface area contributed by atoms with Crippen LogP contribution in [0.3, 0.4) is 0 Å². The average molecular weight is 275 g/mol. The number of hydrogen-bond acceptors (Lipinski definition) is 4. The van der Waals surface area contributed by atoms with E-state index in [1.165, 1.54) is 36.2 Å². The second-order valence-corrected chi connectivity index (χ2v) is 4.66. The molecule has 19 heavy (non-hydrogen) atoms. The van der Waals surface area contributed by atoms with E-state index in [1.54, 1.807) is 18.2 Å². The summed E-state index contributed by atoms with van der Waals surface area (Å²) < 4.78 is 0. The normalized spacial score (nSPS) is 10.1. The van der Waals surface area contributed by atoms with Gasteiger partial charge >= 0.3 is 11.9 Å². The zero-order valence-corrected chi connectivity index (χ0v) is 10.4. The molecule has 96 valence electrons. The molecule has 0 saturated carbocycles. The van der Waals surface area contributed by atoms with E-state index in [2.05, 4.69) is 4.98 Å². The Balaban J connectivity index is 2.26. The van der Waals surface area contributed by atoms with Crippen molar-refractivity contribution in [1.82, 2.24) is 4.98 Å². The first kappa shape index (κ1) is 13.1. The van der Waals surface area contributed by atoms with Crippen molar-refractivity contribution in [2.24, 2.45) is 0 Å². The Hall–Kier alpha value is -2.34. The van der Waals surface area contributed by atoms with Crippen molar-refractivity contribution in [3.05, 3.63) is 53.7 Å². The summed E-state index contributed by atoms with van der Waals surface area (Å²) in [6, 6.07) is 9.20. The van der Waals surface area contributed by atoms with Crippen LogP contribution in [0.25, 0.3) is 0 Å². The Labute approximate surface area is 112 Å². The molecule has 2 rings (SSSR count). The largest absolute Gasteiger partial charge is 0.478 e. The van der Waals surface area contributed by atoms with Crippen LogP contribution in [0.1, 0.15) is 20.7 Å². The molecule has 0 bridgehead atoms. The summed E-state index contributed by atoms with van der Waals surface area (Å²) in [5.41, 5.74) is 0.304. The smallest absolute Gasteiger partial charge is 0.338 e. The molecule has 2 N–H and O–H groups in total. The lowest BCUT2D eigenvalue weighted by molar-refractivity contribution is 0.0683. The number of nitrogens with zero attached hydrogens (tertiary/aromatic N) is 1. The number of pyridine rings is 1. The highest BCUT2D eigenvalue weighted by Gasteiger charge is 2.12. The molecule has 0 aliphatic rings. The minimum Gasteiger partial charge on any atom is -0.478 e. The van der Waals surface area contributed by atoms with Gasteiger partial charge in [0.1, 0.15) is 5.03 Å². The van der Waals surface area contributed by atoms with Crippen molar-refractivity contribution in [1.29, 1.82) is 0 Å². The maximum atomic E-state index is 11.0. The van der Waals surface area contributed by atoms with Crippen molar-refractivity contribution in [2.45, 2.75) is 9.92 Å². The second kappa shape index (κ2) is 5.53. The van der Waals surface area contributed by atoms with E-state index in [9.17, 15) is 9.59 Å². The van der Waals surface area contributed by atoms with E-state index in [0.717, 1.165) is 4.90 Å². The second-order valence-electron chi connectivity index (χ2n) is 3.59. The Morgan fingerprint density at radius 2 is 1.68 bits per heavy atom. The number of rotatable bonds is 4. The molecule has 0 atom stereocenters. The predicted octanol–water partition coefficient (Wildman–Crippen LogP) is 2.63. The number of carboxylic acid groups (broad SMARTS) is 2. The zero-order chi connectivity index (χ0) is 13.8. The van der Waals surface area contributed by atoms with Crippen LogP contribution >= 0.6 is 11.8 Å². The highest BCUT2D eigenvalue weighted by Crippen LogP contribution is 2.28. The Morgan fingerprint density at radius 3 is 2.26 bits per heavy atom. The summed E-state index contributed by atoms with van der Waals surface area (Å²) in [6.07, 6.45) is 1.51. The van der Waals surface area contributed by atoms with Crippen LogP contribution in [-0.4, -0.2) is 27.1 Å². The van der Waals surface area contributed by atoms with Gasteiger partial charge in [-0.05, 0) is 36.4 Å². The molecule has 6 heteroatoms. The SMILES string of the molecule is O=C(O)c1ccc(Sc2ncccc2C(=O)O)cc1. The molecule has 0 aliphatic carbocycles. The van der Waals surface area contributed by atoms with Crippen LogP contribution in [0.2, 0.25) is 0 Å². The van der Waals surface area contributed by atoms with E-state index < -0.39 is 11.9 Å². The van der Waals surface area contributed by atoms with E-state index in [1.807, 2.05) is 0 Å². The molecule has 2 aromatic rings. The lowest BCUT2D eigenvalue weighted by Gasteiger charge is -2.04. The quantitative estimate of drug-likeness (QED) is 0.891. The van der Waals surface area contributed by atoms with E-state index in [4.69, 9.17) is 10.2 Å². The molecule has 0 unspecified atom stereocenters. The number of carbonyl (C=O) groups is 2. The Bertz CT molecular complexity index is 625. The van der Waals surface area contributed by atoms with Gasteiger partial charge in [-0.3, -0.25) is 0 Å². The molecule has 0 fully saturated rings. The molecule has 0 radical (unpaired) electrons. The molecule has 1 aromatic heterocycles. The summed E-state index contributed by atoms with van der Waals surface area (Å²) in [5, 5.41) is 18.2. The zero-order valence-electron chi connectivity index (χ0n) is 9.61. The molecule has 5 nitrogen and oxygen atoms in total. The van der Waals surface area contributed by atoms with Gasteiger partial charge in [0, 0.05) is 11.1 Å². The highest BCUT2D eigenvalue weighted by atomic mass is 32.2. The Kier molecular flexibility index (Phi) is 3.82. The number of aromatic nitrogens is 1. The first-order valence-corrected chi connectivity index (χ1v) is 6.09. The maximum absolute atomic E-state index is 11.0. The fourth-order valence-electron chi connectivity index (χ4n) is 1.41. The van der Waals surface area contributed by atoms with Crippen LogP contribution in [0.5, 0.6) is 0 Å². The van der Waals surface area contributed by atoms with Crippen LogP contribution in [0.4, 0.5) is 0 Å². The van der Waals surface area contributed by atoms with Crippen molar-refractivity contribution >= 4 is 23.7 Å². The predicted molar refractivity (Wildman–Crippen MR) is 68.7 cm³/mol. The van der Waals surface area contributed by atoms with Crippen molar-refractivity contribution in [2.75, 3.05) is 0 Å². The summed E-state index contributed by atoms with van der Waals surface area (Å²) in [4.78, 5) is 26.5. The fourth-order valence-corrected chi connectivity index (χ4v) is 2.29. The molecular formula is C13H9NO4S. The highest BCUT2D eigenvalue weighted by molar-refractivity contribution is 7.99. The first-order chi connectivity index (χ1) is 9.08.